The zero-order valence-electron chi connectivity index (χ0n) is 9.93. The number of benzene rings is 1. The van der Waals surface area contributed by atoms with E-state index in [0.717, 1.165) is 31.4 Å². The van der Waals surface area contributed by atoms with E-state index in [1.54, 1.807) is 12.1 Å². The Morgan fingerprint density at radius 3 is 2.81 bits per heavy atom. The quantitative estimate of drug-likeness (QED) is 0.822. The van der Waals surface area contributed by atoms with Gasteiger partial charge in [0.1, 0.15) is 5.82 Å². The smallest absolute Gasteiger partial charge is 0.126 e. The van der Waals surface area contributed by atoms with E-state index in [1.165, 1.54) is 12.8 Å². The highest BCUT2D eigenvalue weighted by atomic mass is 19.1. The predicted molar refractivity (Wildman–Crippen MR) is 65.0 cm³/mol. The molecule has 1 nitrogen and oxygen atoms in total. The van der Waals surface area contributed by atoms with Crippen LogP contribution in [0.4, 0.5) is 4.39 Å². The molecule has 0 saturated carbocycles. The van der Waals surface area contributed by atoms with E-state index in [0.29, 0.717) is 0 Å². The molecule has 0 amide bonds. The van der Waals surface area contributed by atoms with Crippen molar-refractivity contribution in [2.45, 2.75) is 44.6 Å². The van der Waals surface area contributed by atoms with Gasteiger partial charge in [-0.2, -0.15) is 0 Å². The van der Waals surface area contributed by atoms with Crippen molar-refractivity contribution in [1.82, 2.24) is 5.32 Å². The summed E-state index contributed by atoms with van der Waals surface area (Å²) in [6.45, 7) is 3.34. The molecule has 2 heteroatoms. The van der Waals surface area contributed by atoms with Crippen molar-refractivity contribution in [2.24, 2.45) is 0 Å². The molecule has 0 bridgehead atoms. The van der Waals surface area contributed by atoms with Gasteiger partial charge in [-0.3, -0.25) is 0 Å². The lowest BCUT2D eigenvalue weighted by Crippen LogP contribution is -2.39. The molecule has 16 heavy (non-hydrogen) atoms. The van der Waals surface area contributed by atoms with Crippen molar-refractivity contribution in [2.75, 3.05) is 6.54 Å². The SMILES string of the molecule is CCC1(CCc2ccccc2F)CCCN1. The molecule has 1 unspecified atom stereocenters. The Morgan fingerprint density at radius 2 is 2.19 bits per heavy atom. The van der Waals surface area contributed by atoms with Crippen molar-refractivity contribution in [3.63, 3.8) is 0 Å². The average molecular weight is 221 g/mol. The molecule has 1 aromatic carbocycles. The molecular weight excluding hydrogens is 201 g/mol. The van der Waals surface area contributed by atoms with Gasteiger partial charge in [-0.05, 0) is 50.3 Å². The van der Waals surface area contributed by atoms with Crippen LogP contribution >= 0.6 is 0 Å². The third-order valence-corrected chi connectivity index (χ3v) is 3.84. The molecule has 0 aromatic heterocycles. The van der Waals surface area contributed by atoms with Gasteiger partial charge in [0.2, 0.25) is 0 Å². The molecule has 1 aliphatic heterocycles. The molecule has 1 fully saturated rings. The van der Waals surface area contributed by atoms with Crippen molar-refractivity contribution < 1.29 is 4.39 Å². The molecule has 0 radical (unpaired) electrons. The highest BCUT2D eigenvalue weighted by Crippen LogP contribution is 2.28. The average Bonchev–Trinajstić information content (AvgIpc) is 2.78. The molecule has 1 atom stereocenters. The molecular formula is C14H20FN. The van der Waals surface area contributed by atoms with Crippen LogP contribution in [0.25, 0.3) is 0 Å². The number of aryl methyl sites for hydroxylation is 1. The van der Waals surface area contributed by atoms with Crippen LogP contribution in [0.15, 0.2) is 24.3 Å². The summed E-state index contributed by atoms with van der Waals surface area (Å²) in [6.07, 6.45) is 5.52. The number of halogens is 1. The fraction of sp³-hybridized carbons (Fsp3) is 0.571. The lowest BCUT2D eigenvalue weighted by Gasteiger charge is -2.28. The van der Waals surface area contributed by atoms with Crippen LogP contribution in [0.5, 0.6) is 0 Å². The zero-order chi connectivity index (χ0) is 11.4. The van der Waals surface area contributed by atoms with Crippen LogP contribution in [0, 0.1) is 5.82 Å². The van der Waals surface area contributed by atoms with Gasteiger partial charge < -0.3 is 5.32 Å². The Bertz CT molecular complexity index is 342. The van der Waals surface area contributed by atoms with Crippen LogP contribution in [-0.2, 0) is 6.42 Å². The predicted octanol–water partition coefficient (Wildman–Crippen LogP) is 3.29. The Balaban J connectivity index is 1.98. The first-order valence-electron chi connectivity index (χ1n) is 6.24. The van der Waals surface area contributed by atoms with Crippen molar-refractivity contribution in [3.8, 4) is 0 Å². The maximum absolute atomic E-state index is 13.5. The molecule has 0 spiro atoms. The summed E-state index contributed by atoms with van der Waals surface area (Å²) in [5, 5.41) is 3.59. The van der Waals surface area contributed by atoms with E-state index >= 15 is 0 Å². The highest BCUT2D eigenvalue weighted by Gasteiger charge is 2.30. The topological polar surface area (TPSA) is 12.0 Å². The monoisotopic (exact) mass is 221 g/mol. The van der Waals surface area contributed by atoms with Gasteiger partial charge in [0.05, 0.1) is 0 Å². The molecule has 88 valence electrons. The van der Waals surface area contributed by atoms with E-state index in [2.05, 4.69) is 12.2 Å². The largest absolute Gasteiger partial charge is 0.311 e. The maximum Gasteiger partial charge on any atom is 0.126 e. The summed E-state index contributed by atoms with van der Waals surface area (Å²) in [5.74, 6) is -0.0632. The van der Waals surface area contributed by atoms with Crippen LogP contribution < -0.4 is 5.32 Å². The Hall–Kier alpha value is -0.890. The van der Waals surface area contributed by atoms with Gasteiger partial charge >= 0.3 is 0 Å². The second-order valence-corrected chi connectivity index (χ2v) is 4.76. The summed E-state index contributed by atoms with van der Waals surface area (Å²) < 4.78 is 13.5. The molecule has 1 saturated heterocycles. The lowest BCUT2D eigenvalue weighted by molar-refractivity contribution is 0.334. The van der Waals surface area contributed by atoms with E-state index in [9.17, 15) is 4.39 Å². The first-order chi connectivity index (χ1) is 7.76. The van der Waals surface area contributed by atoms with Gasteiger partial charge in [-0.25, -0.2) is 4.39 Å². The maximum atomic E-state index is 13.5. The second-order valence-electron chi connectivity index (χ2n) is 4.76. The second kappa shape index (κ2) is 4.96. The molecule has 2 rings (SSSR count). The summed E-state index contributed by atoms with van der Waals surface area (Å²) in [6, 6.07) is 7.12. The van der Waals surface area contributed by atoms with Gasteiger partial charge in [-0.15, -0.1) is 0 Å². The van der Waals surface area contributed by atoms with Crippen molar-refractivity contribution in [3.05, 3.63) is 35.6 Å². The zero-order valence-corrected chi connectivity index (χ0v) is 9.93. The molecule has 1 aliphatic rings. The van der Waals surface area contributed by atoms with E-state index in [4.69, 9.17) is 0 Å². The van der Waals surface area contributed by atoms with Gasteiger partial charge in [-0.1, -0.05) is 25.1 Å². The summed E-state index contributed by atoms with van der Waals surface area (Å²) in [7, 11) is 0. The van der Waals surface area contributed by atoms with E-state index in [-0.39, 0.29) is 11.4 Å². The molecule has 0 aliphatic carbocycles. The standard InChI is InChI=1S/C14H20FN/c1-2-14(9-5-11-16-14)10-8-12-6-3-4-7-13(12)15/h3-4,6-7,16H,2,5,8-11H2,1H3. The lowest BCUT2D eigenvalue weighted by atomic mass is 9.87. The van der Waals surface area contributed by atoms with Gasteiger partial charge in [0, 0.05) is 5.54 Å². The first kappa shape index (κ1) is 11.6. The Kier molecular flexibility index (Phi) is 3.59. The number of nitrogens with one attached hydrogen (secondary N) is 1. The molecule has 1 N–H and O–H groups in total. The fourth-order valence-corrected chi connectivity index (χ4v) is 2.64. The molecule has 1 heterocycles. The number of hydrogen-bond acceptors (Lipinski definition) is 1. The molecule has 1 aromatic rings. The van der Waals surface area contributed by atoms with E-state index < -0.39 is 0 Å². The minimum absolute atomic E-state index is 0.0632. The Labute approximate surface area is 97.1 Å². The van der Waals surface area contributed by atoms with Gasteiger partial charge in [0.25, 0.3) is 0 Å². The van der Waals surface area contributed by atoms with Crippen LogP contribution in [-0.4, -0.2) is 12.1 Å². The third kappa shape index (κ3) is 2.43. The van der Waals surface area contributed by atoms with Crippen LogP contribution in [0.2, 0.25) is 0 Å². The third-order valence-electron chi connectivity index (χ3n) is 3.84. The Morgan fingerprint density at radius 1 is 1.38 bits per heavy atom. The van der Waals surface area contributed by atoms with E-state index in [1.807, 2.05) is 12.1 Å². The summed E-state index contributed by atoms with van der Waals surface area (Å²) in [4.78, 5) is 0. The minimum atomic E-state index is -0.0632. The number of rotatable bonds is 4. The van der Waals surface area contributed by atoms with Crippen LogP contribution in [0.3, 0.4) is 0 Å². The van der Waals surface area contributed by atoms with Crippen molar-refractivity contribution >= 4 is 0 Å². The summed E-state index contributed by atoms with van der Waals surface area (Å²) in [5.41, 5.74) is 1.12. The van der Waals surface area contributed by atoms with Gasteiger partial charge in [0.15, 0.2) is 0 Å². The summed E-state index contributed by atoms with van der Waals surface area (Å²) >= 11 is 0. The fourth-order valence-electron chi connectivity index (χ4n) is 2.64. The van der Waals surface area contributed by atoms with Crippen LogP contribution in [0.1, 0.15) is 38.2 Å². The highest BCUT2D eigenvalue weighted by molar-refractivity contribution is 5.18. The minimum Gasteiger partial charge on any atom is -0.311 e. The normalized spacial score (nSPS) is 24.9. The first-order valence-corrected chi connectivity index (χ1v) is 6.24. The number of hydrogen-bond donors (Lipinski definition) is 1. The van der Waals surface area contributed by atoms with Crippen molar-refractivity contribution in [1.29, 1.82) is 0 Å².